The molecule has 2 nitrogen and oxygen atoms in total. The normalized spacial score (nSPS) is 12.5. The molecule has 0 aromatic heterocycles. The maximum atomic E-state index is 13.1. The van der Waals surface area contributed by atoms with Gasteiger partial charge in [0.2, 0.25) is 0 Å². The Balaban J connectivity index is 2.23. The number of para-hydroxylation sites is 1. The Bertz CT molecular complexity index is 291. The van der Waals surface area contributed by atoms with E-state index in [0.717, 1.165) is 13.0 Å². The fraction of sp³-hybridized carbons (Fsp3) is 0.500. The van der Waals surface area contributed by atoms with Crippen LogP contribution in [0.25, 0.3) is 0 Å². The zero-order valence-electron chi connectivity index (χ0n) is 9.37. The van der Waals surface area contributed by atoms with E-state index in [2.05, 4.69) is 19.2 Å². The van der Waals surface area contributed by atoms with Gasteiger partial charge in [-0.3, -0.25) is 0 Å². The second-order valence-corrected chi connectivity index (χ2v) is 3.69. The molecular formula is C12H19FNO+. The fourth-order valence-corrected chi connectivity index (χ4v) is 1.25. The molecule has 0 spiro atoms. The molecule has 0 heterocycles. The number of hydrogen-bond donors (Lipinski definition) is 1. The molecule has 1 atom stereocenters. The predicted octanol–water partition coefficient (Wildman–Crippen LogP) is 1.57. The molecule has 0 aliphatic carbocycles. The van der Waals surface area contributed by atoms with Crippen LogP contribution in [0.5, 0.6) is 5.75 Å². The smallest absolute Gasteiger partial charge is 0.165 e. The highest BCUT2D eigenvalue weighted by molar-refractivity contribution is 5.23. The van der Waals surface area contributed by atoms with E-state index < -0.39 is 0 Å². The summed E-state index contributed by atoms with van der Waals surface area (Å²) >= 11 is 0. The number of hydrogen-bond acceptors (Lipinski definition) is 1. The van der Waals surface area contributed by atoms with Crippen LogP contribution in [0.4, 0.5) is 4.39 Å². The van der Waals surface area contributed by atoms with E-state index in [9.17, 15) is 4.39 Å². The highest BCUT2D eigenvalue weighted by atomic mass is 19.1. The number of rotatable bonds is 6. The van der Waals surface area contributed by atoms with Crippen LogP contribution in [-0.2, 0) is 0 Å². The molecule has 3 heteroatoms. The maximum Gasteiger partial charge on any atom is 0.165 e. The maximum absolute atomic E-state index is 13.1. The van der Waals surface area contributed by atoms with Crippen LogP contribution < -0.4 is 10.1 Å². The van der Waals surface area contributed by atoms with Crippen molar-refractivity contribution in [1.29, 1.82) is 0 Å². The van der Waals surface area contributed by atoms with Gasteiger partial charge in [0.05, 0.1) is 6.04 Å². The number of ether oxygens (including phenoxy) is 1. The van der Waals surface area contributed by atoms with Gasteiger partial charge in [-0.1, -0.05) is 19.1 Å². The number of benzene rings is 1. The molecule has 0 aliphatic heterocycles. The first-order valence-electron chi connectivity index (χ1n) is 5.44. The van der Waals surface area contributed by atoms with Gasteiger partial charge in [-0.25, -0.2) is 4.39 Å². The highest BCUT2D eigenvalue weighted by Gasteiger charge is 2.03. The molecule has 0 aliphatic rings. The minimum absolute atomic E-state index is 0.291. The van der Waals surface area contributed by atoms with Gasteiger partial charge in [0.1, 0.15) is 13.2 Å². The van der Waals surface area contributed by atoms with E-state index in [1.807, 2.05) is 0 Å². The third-order valence-corrected chi connectivity index (χ3v) is 2.43. The zero-order valence-corrected chi connectivity index (χ0v) is 9.37. The molecule has 0 fully saturated rings. The summed E-state index contributed by atoms with van der Waals surface area (Å²) in [4.78, 5) is 0. The molecule has 2 N–H and O–H groups in total. The van der Waals surface area contributed by atoms with Crippen LogP contribution in [0.2, 0.25) is 0 Å². The summed E-state index contributed by atoms with van der Waals surface area (Å²) in [6, 6.07) is 7.10. The first-order valence-corrected chi connectivity index (χ1v) is 5.44. The van der Waals surface area contributed by atoms with Crippen LogP contribution in [0, 0.1) is 5.82 Å². The van der Waals surface area contributed by atoms with E-state index in [0.29, 0.717) is 18.4 Å². The average Bonchev–Trinajstić information content (AvgIpc) is 2.26. The minimum Gasteiger partial charge on any atom is -0.485 e. The number of quaternary nitrogens is 1. The lowest BCUT2D eigenvalue weighted by atomic mass is 10.3. The molecular weight excluding hydrogens is 193 g/mol. The molecule has 84 valence electrons. The van der Waals surface area contributed by atoms with Gasteiger partial charge in [0.25, 0.3) is 0 Å². The molecule has 15 heavy (non-hydrogen) atoms. The lowest BCUT2D eigenvalue weighted by Gasteiger charge is -2.09. The summed E-state index contributed by atoms with van der Waals surface area (Å²) in [6.07, 6.45) is 1.14. The fourth-order valence-electron chi connectivity index (χ4n) is 1.25. The molecule has 0 saturated heterocycles. The first-order chi connectivity index (χ1) is 7.24. The minimum atomic E-state index is -0.291. The van der Waals surface area contributed by atoms with Gasteiger partial charge in [-0.2, -0.15) is 0 Å². The summed E-state index contributed by atoms with van der Waals surface area (Å²) in [6.45, 7) is 5.73. The first kappa shape index (κ1) is 12.0. The second kappa shape index (κ2) is 6.40. The average molecular weight is 212 g/mol. The molecule has 0 radical (unpaired) electrons. The molecule has 0 saturated carbocycles. The Hall–Kier alpha value is -1.09. The largest absolute Gasteiger partial charge is 0.485 e. The van der Waals surface area contributed by atoms with E-state index >= 15 is 0 Å². The van der Waals surface area contributed by atoms with Crippen LogP contribution in [0.3, 0.4) is 0 Å². The van der Waals surface area contributed by atoms with E-state index in [1.165, 1.54) is 6.07 Å². The van der Waals surface area contributed by atoms with Gasteiger partial charge in [0, 0.05) is 0 Å². The van der Waals surface area contributed by atoms with Crippen molar-refractivity contribution in [2.45, 2.75) is 26.3 Å². The van der Waals surface area contributed by atoms with Crippen molar-refractivity contribution < 1.29 is 14.4 Å². The van der Waals surface area contributed by atoms with Gasteiger partial charge in [-0.15, -0.1) is 0 Å². The van der Waals surface area contributed by atoms with Crippen LogP contribution in [0.1, 0.15) is 20.3 Å². The van der Waals surface area contributed by atoms with E-state index in [1.54, 1.807) is 18.2 Å². The Labute approximate surface area is 90.4 Å². The molecule has 1 aromatic rings. The Morgan fingerprint density at radius 3 is 2.80 bits per heavy atom. The monoisotopic (exact) mass is 212 g/mol. The third-order valence-electron chi connectivity index (χ3n) is 2.43. The predicted molar refractivity (Wildman–Crippen MR) is 58.4 cm³/mol. The van der Waals surface area contributed by atoms with Crippen molar-refractivity contribution in [1.82, 2.24) is 0 Å². The number of nitrogens with two attached hydrogens (primary N) is 1. The van der Waals surface area contributed by atoms with Gasteiger partial charge in [-0.05, 0) is 25.5 Å². The van der Waals surface area contributed by atoms with Gasteiger partial charge in [0.15, 0.2) is 11.6 Å². The van der Waals surface area contributed by atoms with Gasteiger partial charge < -0.3 is 10.1 Å². The SMILES string of the molecule is CC[C@@H](C)[NH2+]CCOc1ccccc1F. The zero-order chi connectivity index (χ0) is 11.1. The topological polar surface area (TPSA) is 25.8 Å². The summed E-state index contributed by atoms with van der Waals surface area (Å²) in [5, 5.41) is 2.21. The lowest BCUT2D eigenvalue weighted by molar-refractivity contribution is -0.686. The summed E-state index contributed by atoms with van der Waals surface area (Å²) < 4.78 is 18.4. The Kier molecular flexibility index (Phi) is 5.12. The summed E-state index contributed by atoms with van der Waals surface area (Å²) in [5.74, 6) is 0.0519. The molecule has 1 rings (SSSR count). The molecule has 1 aromatic carbocycles. The quantitative estimate of drug-likeness (QED) is 0.712. The van der Waals surface area contributed by atoms with Crippen LogP contribution in [-0.4, -0.2) is 19.2 Å². The summed E-state index contributed by atoms with van der Waals surface area (Å²) in [7, 11) is 0. The van der Waals surface area contributed by atoms with Crippen molar-refractivity contribution in [3.05, 3.63) is 30.1 Å². The van der Waals surface area contributed by atoms with Crippen molar-refractivity contribution in [3.63, 3.8) is 0 Å². The molecule has 0 bridgehead atoms. The number of halogens is 1. The Morgan fingerprint density at radius 1 is 1.40 bits per heavy atom. The lowest BCUT2D eigenvalue weighted by Crippen LogP contribution is -2.90. The van der Waals surface area contributed by atoms with Crippen LogP contribution in [0.15, 0.2) is 24.3 Å². The third kappa shape index (κ3) is 4.30. The highest BCUT2D eigenvalue weighted by Crippen LogP contribution is 2.14. The Morgan fingerprint density at radius 2 is 2.13 bits per heavy atom. The standard InChI is InChI=1S/C12H18FNO/c1-3-10(2)14-8-9-15-12-7-5-4-6-11(12)13/h4-7,10,14H,3,8-9H2,1-2H3/p+1/t10-/m1/s1. The van der Waals surface area contributed by atoms with E-state index in [4.69, 9.17) is 4.74 Å². The van der Waals surface area contributed by atoms with Crippen molar-refractivity contribution in [2.24, 2.45) is 0 Å². The van der Waals surface area contributed by atoms with Gasteiger partial charge >= 0.3 is 0 Å². The molecule has 0 unspecified atom stereocenters. The summed E-state index contributed by atoms with van der Waals surface area (Å²) in [5.41, 5.74) is 0. The van der Waals surface area contributed by atoms with Crippen LogP contribution >= 0.6 is 0 Å². The second-order valence-electron chi connectivity index (χ2n) is 3.69. The molecule has 0 amide bonds. The van der Waals surface area contributed by atoms with E-state index in [-0.39, 0.29) is 5.82 Å². The van der Waals surface area contributed by atoms with Crippen molar-refractivity contribution in [2.75, 3.05) is 13.2 Å². The van der Waals surface area contributed by atoms with Crippen molar-refractivity contribution >= 4 is 0 Å². The van der Waals surface area contributed by atoms with Crippen molar-refractivity contribution in [3.8, 4) is 5.75 Å².